The van der Waals surface area contributed by atoms with Gasteiger partial charge in [-0.05, 0) is 48.8 Å². The summed E-state index contributed by atoms with van der Waals surface area (Å²) in [7, 11) is 1.76. The first-order valence-corrected chi connectivity index (χ1v) is 7.08. The minimum atomic E-state index is 0.564. The van der Waals surface area contributed by atoms with Gasteiger partial charge in [-0.25, -0.2) is 0 Å². The van der Waals surface area contributed by atoms with Crippen LogP contribution in [0.15, 0.2) is 30.4 Å². The number of allylic oxidation sites excluding steroid dienone is 2. The van der Waals surface area contributed by atoms with E-state index in [1.807, 2.05) is 0 Å². The Bertz CT molecular complexity index is 379. The minimum Gasteiger partial charge on any atom is -0.496 e. The predicted molar refractivity (Wildman–Crippen MR) is 79.5 cm³/mol. The molecule has 0 aliphatic heterocycles. The third-order valence-electron chi connectivity index (χ3n) is 3.46. The Kier molecular flexibility index (Phi) is 6.56. The smallest absolute Gasteiger partial charge is 0.122 e. The molecule has 1 aromatic carbocycles. The first-order valence-electron chi connectivity index (χ1n) is 7.08. The average molecular weight is 246 g/mol. The van der Waals surface area contributed by atoms with Gasteiger partial charge in [0.05, 0.1) is 7.11 Å². The summed E-state index contributed by atoms with van der Waals surface area (Å²) in [6.07, 6.45) is 9.00. The summed E-state index contributed by atoms with van der Waals surface area (Å²) in [6.45, 7) is 6.63. The van der Waals surface area contributed by atoms with Crippen molar-refractivity contribution in [3.05, 3.63) is 41.5 Å². The molecule has 1 atom stereocenters. The molecular weight excluding hydrogens is 220 g/mol. The highest BCUT2D eigenvalue weighted by atomic mass is 16.5. The Morgan fingerprint density at radius 2 is 1.94 bits per heavy atom. The van der Waals surface area contributed by atoms with Crippen molar-refractivity contribution in [2.75, 3.05) is 7.11 Å². The van der Waals surface area contributed by atoms with Crippen molar-refractivity contribution in [1.29, 1.82) is 0 Å². The SMILES string of the molecule is CC/C=C\CC(CC)c1cc(CC)ccc1OC. The van der Waals surface area contributed by atoms with E-state index in [1.165, 1.54) is 11.1 Å². The second-order valence-corrected chi connectivity index (χ2v) is 4.65. The van der Waals surface area contributed by atoms with Gasteiger partial charge >= 0.3 is 0 Å². The van der Waals surface area contributed by atoms with Crippen LogP contribution in [-0.2, 0) is 6.42 Å². The summed E-state index contributed by atoms with van der Waals surface area (Å²) >= 11 is 0. The predicted octanol–water partition coefficient (Wildman–Crippen LogP) is 5.11. The monoisotopic (exact) mass is 246 g/mol. The van der Waals surface area contributed by atoms with Gasteiger partial charge in [-0.15, -0.1) is 0 Å². The highest BCUT2D eigenvalue weighted by Crippen LogP contribution is 2.32. The van der Waals surface area contributed by atoms with Crippen molar-refractivity contribution in [3.63, 3.8) is 0 Å². The van der Waals surface area contributed by atoms with Gasteiger partial charge in [-0.1, -0.05) is 45.1 Å². The molecule has 1 unspecified atom stereocenters. The highest BCUT2D eigenvalue weighted by molar-refractivity contribution is 5.40. The lowest BCUT2D eigenvalue weighted by atomic mass is 9.90. The third kappa shape index (κ3) is 3.90. The molecule has 1 aromatic rings. The second-order valence-electron chi connectivity index (χ2n) is 4.65. The number of rotatable bonds is 7. The normalized spacial score (nSPS) is 12.9. The Morgan fingerprint density at radius 1 is 1.17 bits per heavy atom. The second kappa shape index (κ2) is 7.97. The molecular formula is C17H26O. The van der Waals surface area contributed by atoms with Gasteiger partial charge in [0.25, 0.3) is 0 Å². The first-order chi connectivity index (χ1) is 8.76. The van der Waals surface area contributed by atoms with E-state index in [0.29, 0.717) is 5.92 Å². The van der Waals surface area contributed by atoms with Gasteiger partial charge in [0.15, 0.2) is 0 Å². The minimum absolute atomic E-state index is 0.564. The van der Waals surface area contributed by atoms with Crippen LogP contribution in [-0.4, -0.2) is 7.11 Å². The fourth-order valence-electron chi connectivity index (χ4n) is 2.26. The van der Waals surface area contributed by atoms with Crippen LogP contribution in [0.2, 0.25) is 0 Å². The van der Waals surface area contributed by atoms with Crippen LogP contribution in [0, 0.1) is 0 Å². The summed E-state index contributed by atoms with van der Waals surface area (Å²) in [6, 6.07) is 6.59. The van der Waals surface area contributed by atoms with E-state index in [4.69, 9.17) is 4.74 Å². The molecule has 0 bridgehead atoms. The van der Waals surface area contributed by atoms with Crippen LogP contribution in [0.1, 0.15) is 57.1 Å². The van der Waals surface area contributed by atoms with Gasteiger partial charge in [0, 0.05) is 0 Å². The molecule has 0 saturated heterocycles. The van der Waals surface area contributed by atoms with E-state index in [0.717, 1.165) is 31.4 Å². The Hall–Kier alpha value is -1.24. The topological polar surface area (TPSA) is 9.23 Å². The maximum Gasteiger partial charge on any atom is 0.122 e. The molecule has 0 N–H and O–H groups in total. The van der Waals surface area contributed by atoms with Crippen LogP contribution in [0.3, 0.4) is 0 Å². The summed E-state index contributed by atoms with van der Waals surface area (Å²) in [5.74, 6) is 1.60. The van der Waals surface area contributed by atoms with Crippen molar-refractivity contribution in [2.45, 2.75) is 52.4 Å². The maximum atomic E-state index is 5.51. The van der Waals surface area contributed by atoms with Gasteiger partial charge in [-0.2, -0.15) is 0 Å². The zero-order valence-corrected chi connectivity index (χ0v) is 12.2. The van der Waals surface area contributed by atoms with Crippen LogP contribution >= 0.6 is 0 Å². The van der Waals surface area contributed by atoms with Crippen LogP contribution in [0.5, 0.6) is 5.75 Å². The molecule has 1 heteroatoms. The molecule has 0 aliphatic carbocycles. The van der Waals surface area contributed by atoms with Crippen LogP contribution in [0.25, 0.3) is 0 Å². The van der Waals surface area contributed by atoms with Gasteiger partial charge in [0.1, 0.15) is 5.75 Å². The summed E-state index contributed by atoms with van der Waals surface area (Å²) in [5, 5.41) is 0. The van der Waals surface area contributed by atoms with Gasteiger partial charge in [0.2, 0.25) is 0 Å². The molecule has 0 aromatic heterocycles. The molecule has 1 nitrogen and oxygen atoms in total. The van der Waals surface area contributed by atoms with E-state index in [1.54, 1.807) is 7.11 Å². The largest absolute Gasteiger partial charge is 0.496 e. The Balaban J connectivity index is 2.97. The average Bonchev–Trinajstić information content (AvgIpc) is 2.43. The lowest BCUT2D eigenvalue weighted by molar-refractivity contribution is 0.404. The van der Waals surface area contributed by atoms with E-state index >= 15 is 0 Å². The third-order valence-corrected chi connectivity index (χ3v) is 3.46. The summed E-state index contributed by atoms with van der Waals surface area (Å²) in [5.41, 5.74) is 2.75. The van der Waals surface area contributed by atoms with Crippen LogP contribution in [0.4, 0.5) is 0 Å². The highest BCUT2D eigenvalue weighted by Gasteiger charge is 2.13. The maximum absolute atomic E-state index is 5.51. The molecule has 0 amide bonds. The number of aryl methyl sites for hydroxylation is 1. The van der Waals surface area contributed by atoms with Crippen molar-refractivity contribution in [2.24, 2.45) is 0 Å². The van der Waals surface area contributed by atoms with Crippen LogP contribution < -0.4 is 4.74 Å². The molecule has 0 radical (unpaired) electrons. The molecule has 100 valence electrons. The van der Waals surface area contributed by atoms with E-state index < -0.39 is 0 Å². The van der Waals surface area contributed by atoms with E-state index in [-0.39, 0.29) is 0 Å². The molecule has 0 fully saturated rings. The van der Waals surface area contributed by atoms with Gasteiger partial charge in [-0.3, -0.25) is 0 Å². The lowest BCUT2D eigenvalue weighted by Gasteiger charge is -2.18. The van der Waals surface area contributed by atoms with Crippen molar-refractivity contribution >= 4 is 0 Å². The molecule has 18 heavy (non-hydrogen) atoms. The quantitative estimate of drug-likeness (QED) is 0.608. The van der Waals surface area contributed by atoms with E-state index in [2.05, 4.69) is 51.1 Å². The van der Waals surface area contributed by atoms with Crippen molar-refractivity contribution in [1.82, 2.24) is 0 Å². The fraction of sp³-hybridized carbons (Fsp3) is 0.529. The van der Waals surface area contributed by atoms with E-state index in [9.17, 15) is 0 Å². The fourth-order valence-corrected chi connectivity index (χ4v) is 2.26. The summed E-state index contributed by atoms with van der Waals surface area (Å²) < 4.78 is 5.51. The van der Waals surface area contributed by atoms with Crippen molar-refractivity contribution in [3.8, 4) is 5.75 Å². The Labute approximate surface area is 112 Å². The zero-order chi connectivity index (χ0) is 13.4. The molecule has 1 rings (SSSR count). The molecule has 0 aliphatic rings. The molecule has 0 saturated carbocycles. The standard InChI is InChI=1S/C17H26O/c1-5-8-9-10-15(7-3)16-13-14(6-2)11-12-17(16)18-4/h8-9,11-13,15H,5-7,10H2,1-4H3/b9-8-. The number of benzene rings is 1. The number of methoxy groups -OCH3 is 1. The van der Waals surface area contributed by atoms with Gasteiger partial charge < -0.3 is 4.74 Å². The Morgan fingerprint density at radius 3 is 2.50 bits per heavy atom. The zero-order valence-electron chi connectivity index (χ0n) is 12.2. The number of hydrogen-bond donors (Lipinski definition) is 0. The number of ether oxygens (including phenoxy) is 1. The molecule has 0 spiro atoms. The summed E-state index contributed by atoms with van der Waals surface area (Å²) in [4.78, 5) is 0. The molecule has 0 heterocycles. The lowest BCUT2D eigenvalue weighted by Crippen LogP contribution is -2.01. The number of hydrogen-bond acceptors (Lipinski definition) is 1. The first kappa shape index (κ1) is 14.8. The van der Waals surface area contributed by atoms with Crippen molar-refractivity contribution < 1.29 is 4.74 Å².